The van der Waals surface area contributed by atoms with E-state index in [0.717, 1.165) is 11.4 Å². The maximum Gasteiger partial charge on any atom is 0.225 e. The molecule has 0 fully saturated rings. The molecular weight excluding hydrogens is 392 g/mol. The molecule has 2 heterocycles. The van der Waals surface area contributed by atoms with E-state index in [9.17, 15) is 0 Å². The highest BCUT2D eigenvalue weighted by Gasteiger charge is 2.15. The van der Waals surface area contributed by atoms with Crippen LogP contribution in [0.25, 0.3) is 11.0 Å². The van der Waals surface area contributed by atoms with Crippen LogP contribution in [0.1, 0.15) is 0 Å². The molecule has 8 nitrogen and oxygen atoms in total. The Morgan fingerprint density at radius 2 is 1.31 bits per heavy atom. The number of fused-ring (bicyclic) bond motifs is 1. The highest BCUT2D eigenvalue weighted by molar-refractivity contribution is 6.29. The minimum Gasteiger partial charge on any atom is -0.495 e. The lowest BCUT2D eigenvalue weighted by atomic mass is 10.2. The van der Waals surface area contributed by atoms with Gasteiger partial charge in [0.1, 0.15) is 28.9 Å². The van der Waals surface area contributed by atoms with Gasteiger partial charge in [-0.2, -0.15) is 4.98 Å². The number of nitrogens with one attached hydrogen (secondary N) is 2. The van der Waals surface area contributed by atoms with E-state index in [1.54, 1.807) is 14.2 Å². The van der Waals surface area contributed by atoms with Crippen molar-refractivity contribution in [3.8, 4) is 11.5 Å². The first kappa shape index (κ1) is 18.7. The summed E-state index contributed by atoms with van der Waals surface area (Å²) in [6, 6.07) is 15.0. The molecule has 0 aliphatic carbocycles. The Balaban J connectivity index is 1.79. The Bertz CT molecular complexity index is 1170. The van der Waals surface area contributed by atoms with E-state index in [0.29, 0.717) is 34.2 Å². The highest BCUT2D eigenvalue weighted by atomic mass is 35.5. The van der Waals surface area contributed by atoms with Gasteiger partial charge in [-0.05, 0) is 35.9 Å². The third-order valence-electron chi connectivity index (χ3n) is 4.17. The molecule has 4 rings (SSSR count). The van der Waals surface area contributed by atoms with Crippen LogP contribution in [-0.4, -0.2) is 34.2 Å². The summed E-state index contributed by atoms with van der Waals surface area (Å²) in [6.45, 7) is 0. The van der Waals surface area contributed by atoms with Crippen molar-refractivity contribution in [2.24, 2.45) is 0 Å². The SMILES string of the molecule is COc1ccccc1Nc1nc(Cl)nc2c(Nc3ccccc3OC)ncnc12. The largest absolute Gasteiger partial charge is 0.495 e. The van der Waals surface area contributed by atoms with E-state index < -0.39 is 0 Å². The maximum absolute atomic E-state index is 6.20. The molecule has 9 heteroatoms. The number of ether oxygens (including phenoxy) is 2. The van der Waals surface area contributed by atoms with Crippen LogP contribution in [-0.2, 0) is 0 Å². The second kappa shape index (κ2) is 8.15. The lowest BCUT2D eigenvalue weighted by Gasteiger charge is -2.14. The van der Waals surface area contributed by atoms with Crippen LogP contribution in [0.5, 0.6) is 11.5 Å². The molecule has 2 aromatic heterocycles. The van der Waals surface area contributed by atoms with Crippen LogP contribution in [0.15, 0.2) is 54.9 Å². The van der Waals surface area contributed by atoms with E-state index >= 15 is 0 Å². The monoisotopic (exact) mass is 408 g/mol. The van der Waals surface area contributed by atoms with Crippen molar-refractivity contribution in [1.82, 2.24) is 19.9 Å². The number of para-hydroxylation sites is 4. The molecule has 29 heavy (non-hydrogen) atoms. The number of methoxy groups -OCH3 is 2. The summed E-state index contributed by atoms with van der Waals surface area (Å²) in [5.74, 6) is 2.26. The van der Waals surface area contributed by atoms with Gasteiger partial charge in [0, 0.05) is 0 Å². The molecule has 146 valence electrons. The summed E-state index contributed by atoms with van der Waals surface area (Å²) in [5.41, 5.74) is 2.44. The maximum atomic E-state index is 6.20. The third-order valence-corrected chi connectivity index (χ3v) is 4.34. The molecule has 0 bridgehead atoms. The number of halogens is 1. The minimum atomic E-state index is 0.0628. The Kier molecular flexibility index (Phi) is 5.26. The van der Waals surface area contributed by atoms with Gasteiger partial charge in [-0.25, -0.2) is 15.0 Å². The molecule has 0 amide bonds. The van der Waals surface area contributed by atoms with Gasteiger partial charge in [-0.1, -0.05) is 24.3 Å². The zero-order valence-electron chi connectivity index (χ0n) is 15.7. The fraction of sp³-hybridized carbons (Fsp3) is 0.100. The molecule has 0 saturated heterocycles. The third kappa shape index (κ3) is 3.83. The van der Waals surface area contributed by atoms with Crippen molar-refractivity contribution in [3.63, 3.8) is 0 Å². The topological polar surface area (TPSA) is 94.1 Å². The van der Waals surface area contributed by atoms with Gasteiger partial charge < -0.3 is 20.1 Å². The Morgan fingerprint density at radius 3 is 1.93 bits per heavy atom. The normalized spacial score (nSPS) is 10.6. The molecular formula is C20H17ClN6O2. The van der Waals surface area contributed by atoms with E-state index in [2.05, 4.69) is 30.6 Å². The average Bonchev–Trinajstić information content (AvgIpc) is 2.75. The predicted octanol–water partition coefficient (Wildman–Crippen LogP) is 4.58. The average molecular weight is 409 g/mol. The summed E-state index contributed by atoms with van der Waals surface area (Å²) < 4.78 is 10.8. The van der Waals surface area contributed by atoms with Crippen LogP contribution < -0.4 is 20.1 Å². The van der Waals surface area contributed by atoms with Crippen molar-refractivity contribution in [1.29, 1.82) is 0 Å². The second-order valence-electron chi connectivity index (χ2n) is 5.91. The number of rotatable bonds is 6. The van der Waals surface area contributed by atoms with Crippen molar-refractivity contribution >= 4 is 45.6 Å². The fourth-order valence-corrected chi connectivity index (χ4v) is 3.02. The first-order valence-corrected chi connectivity index (χ1v) is 9.05. The minimum absolute atomic E-state index is 0.0628. The highest BCUT2D eigenvalue weighted by Crippen LogP contribution is 2.33. The van der Waals surface area contributed by atoms with Gasteiger partial charge in [-0.15, -0.1) is 0 Å². The van der Waals surface area contributed by atoms with Crippen LogP contribution in [0.2, 0.25) is 5.28 Å². The number of hydrogen-bond acceptors (Lipinski definition) is 8. The summed E-state index contributed by atoms with van der Waals surface area (Å²) in [7, 11) is 3.20. The number of benzene rings is 2. The lowest BCUT2D eigenvalue weighted by molar-refractivity contribution is 0.416. The van der Waals surface area contributed by atoms with Gasteiger partial charge in [0.25, 0.3) is 0 Å². The fourth-order valence-electron chi connectivity index (χ4n) is 2.85. The van der Waals surface area contributed by atoms with E-state index in [1.807, 2.05) is 48.5 Å². The van der Waals surface area contributed by atoms with Gasteiger partial charge in [0.2, 0.25) is 5.28 Å². The molecule has 0 radical (unpaired) electrons. The smallest absolute Gasteiger partial charge is 0.225 e. The molecule has 0 spiro atoms. The van der Waals surface area contributed by atoms with Gasteiger partial charge in [0.15, 0.2) is 11.6 Å². The number of hydrogen-bond donors (Lipinski definition) is 2. The van der Waals surface area contributed by atoms with Gasteiger partial charge in [-0.3, -0.25) is 0 Å². The first-order valence-electron chi connectivity index (χ1n) is 8.68. The van der Waals surface area contributed by atoms with Gasteiger partial charge >= 0.3 is 0 Å². The lowest BCUT2D eigenvalue weighted by Crippen LogP contribution is -2.04. The number of aromatic nitrogens is 4. The molecule has 0 aliphatic rings. The van der Waals surface area contributed by atoms with Crippen LogP contribution >= 0.6 is 11.6 Å². The summed E-state index contributed by atoms with van der Waals surface area (Å²) in [4.78, 5) is 17.3. The first-order chi connectivity index (χ1) is 14.2. The molecule has 0 unspecified atom stereocenters. The van der Waals surface area contributed by atoms with Crippen molar-refractivity contribution in [2.45, 2.75) is 0 Å². The zero-order valence-corrected chi connectivity index (χ0v) is 16.4. The Morgan fingerprint density at radius 1 is 0.724 bits per heavy atom. The molecule has 2 aromatic carbocycles. The van der Waals surface area contributed by atoms with Crippen molar-refractivity contribution in [2.75, 3.05) is 24.9 Å². The predicted molar refractivity (Wildman–Crippen MR) is 113 cm³/mol. The molecule has 4 aromatic rings. The standard InChI is InChI=1S/C20H17ClN6O2/c1-28-14-9-5-3-7-12(14)24-18-17-16(22-11-23-18)19(27-20(21)26-17)25-13-8-4-6-10-15(13)29-2/h3-11H,1-2H3,(H,22,23,24)(H,25,26,27). The van der Waals surface area contributed by atoms with E-state index in [4.69, 9.17) is 21.1 Å². The molecule has 2 N–H and O–H groups in total. The van der Waals surface area contributed by atoms with Crippen molar-refractivity contribution < 1.29 is 9.47 Å². The summed E-state index contributed by atoms with van der Waals surface area (Å²) >= 11 is 6.20. The van der Waals surface area contributed by atoms with Crippen LogP contribution in [0.4, 0.5) is 23.0 Å². The van der Waals surface area contributed by atoms with E-state index in [-0.39, 0.29) is 5.28 Å². The molecule has 0 atom stereocenters. The molecule has 0 saturated carbocycles. The summed E-state index contributed by atoms with van der Waals surface area (Å²) in [6.07, 6.45) is 1.44. The van der Waals surface area contributed by atoms with E-state index in [1.165, 1.54) is 6.33 Å². The van der Waals surface area contributed by atoms with Crippen LogP contribution in [0.3, 0.4) is 0 Å². The van der Waals surface area contributed by atoms with Crippen molar-refractivity contribution in [3.05, 3.63) is 60.1 Å². The zero-order chi connectivity index (χ0) is 20.2. The number of nitrogens with zero attached hydrogens (tertiary/aromatic N) is 4. The summed E-state index contributed by atoms with van der Waals surface area (Å²) in [5, 5.41) is 6.51. The quantitative estimate of drug-likeness (QED) is 0.448. The number of anilines is 4. The van der Waals surface area contributed by atoms with Gasteiger partial charge in [0.05, 0.1) is 25.6 Å². The van der Waals surface area contributed by atoms with Crippen LogP contribution in [0, 0.1) is 0 Å². The Hall–Kier alpha value is -3.65. The molecule has 0 aliphatic heterocycles. The Labute approximate surface area is 171 Å². The second-order valence-corrected chi connectivity index (χ2v) is 6.25.